The predicted molar refractivity (Wildman–Crippen MR) is 101 cm³/mol. The van der Waals surface area contributed by atoms with Gasteiger partial charge < -0.3 is 10.1 Å². The molecule has 5 heteroatoms. The lowest BCUT2D eigenvalue weighted by Gasteiger charge is -2.37. The van der Waals surface area contributed by atoms with E-state index in [0.717, 1.165) is 31.7 Å². The largest absolute Gasteiger partial charge is 0.383 e. The molecule has 0 aromatic heterocycles. The van der Waals surface area contributed by atoms with Crippen LogP contribution < -0.4 is 5.32 Å². The second kappa shape index (κ2) is 10.5. The Bertz CT molecular complexity index is 433. The molecule has 0 amide bonds. The summed E-state index contributed by atoms with van der Waals surface area (Å²) in [5.74, 6) is 0.805. The number of ether oxygens (including phenoxy) is 1. The minimum atomic E-state index is 0. The van der Waals surface area contributed by atoms with Gasteiger partial charge >= 0.3 is 0 Å². The maximum atomic E-state index is 5.10. The van der Waals surface area contributed by atoms with E-state index in [0.29, 0.717) is 0 Å². The maximum Gasteiger partial charge on any atom is 0.0587 e. The van der Waals surface area contributed by atoms with Crippen LogP contribution in [0.1, 0.15) is 24.0 Å². The molecule has 1 aromatic carbocycles. The van der Waals surface area contributed by atoms with Gasteiger partial charge in [0.2, 0.25) is 0 Å². The average Bonchev–Trinajstić information content (AvgIpc) is 2.96. The highest BCUT2D eigenvalue weighted by molar-refractivity contribution is 5.85. The van der Waals surface area contributed by atoms with E-state index in [9.17, 15) is 0 Å². The molecule has 1 aromatic rings. The number of hydrogen-bond acceptors (Lipinski definition) is 3. The van der Waals surface area contributed by atoms with Crippen LogP contribution in [0.5, 0.6) is 0 Å². The summed E-state index contributed by atoms with van der Waals surface area (Å²) in [6, 6.07) is 9.72. The van der Waals surface area contributed by atoms with Crippen LogP contribution in [0.4, 0.5) is 0 Å². The highest BCUT2D eigenvalue weighted by atomic mass is 35.5. The van der Waals surface area contributed by atoms with Crippen molar-refractivity contribution in [2.45, 2.75) is 31.7 Å². The fourth-order valence-corrected chi connectivity index (χ4v) is 3.87. The van der Waals surface area contributed by atoms with Crippen molar-refractivity contribution in [2.75, 3.05) is 39.9 Å². The van der Waals surface area contributed by atoms with Crippen molar-refractivity contribution in [2.24, 2.45) is 5.92 Å². The van der Waals surface area contributed by atoms with Gasteiger partial charge in [0, 0.05) is 26.2 Å². The summed E-state index contributed by atoms with van der Waals surface area (Å²) >= 11 is 0. The summed E-state index contributed by atoms with van der Waals surface area (Å²) in [5, 5.41) is 3.53. The summed E-state index contributed by atoms with van der Waals surface area (Å²) < 4.78 is 5.10. The number of nitrogens with zero attached hydrogens (tertiary/aromatic N) is 1. The van der Waals surface area contributed by atoms with Gasteiger partial charge in [-0.05, 0) is 55.8 Å². The van der Waals surface area contributed by atoms with E-state index in [1.165, 1.54) is 38.8 Å². The molecular formula is C18H30Cl2N2O. The minimum absolute atomic E-state index is 0. The minimum Gasteiger partial charge on any atom is -0.383 e. The summed E-state index contributed by atoms with van der Waals surface area (Å²) in [4.78, 5) is 2.74. The molecule has 0 bridgehead atoms. The van der Waals surface area contributed by atoms with Crippen LogP contribution in [0.2, 0.25) is 0 Å². The Labute approximate surface area is 153 Å². The number of likely N-dealkylation sites (tertiary alicyclic amines) is 1. The van der Waals surface area contributed by atoms with E-state index in [1.807, 2.05) is 0 Å². The molecule has 3 nitrogen and oxygen atoms in total. The molecule has 0 saturated carbocycles. The van der Waals surface area contributed by atoms with Gasteiger partial charge in [0.15, 0.2) is 0 Å². The van der Waals surface area contributed by atoms with Crippen LogP contribution in [-0.2, 0) is 17.6 Å². The molecule has 1 atom stereocenters. The number of rotatable bonds is 6. The monoisotopic (exact) mass is 360 g/mol. The van der Waals surface area contributed by atoms with Crippen molar-refractivity contribution < 1.29 is 4.74 Å². The standard InChI is InChI=1S/C18H28N2O.2ClH/c1-21-10-8-19-13-15-5-4-9-20(14-15)18-11-16-6-2-3-7-17(16)12-18;;/h2-3,6-7,15,18-19H,4-5,8-14H2,1H3;2*1H. The zero-order valence-corrected chi connectivity index (χ0v) is 15.6. The van der Waals surface area contributed by atoms with Crippen LogP contribution in [0.25, 0.3) is 0 Å². The van der Waals surface area contributed by atoms with Gasteiger partial charge in [-0.2, -0.15) is 0 Å². The Balaban J connectivity index is 0.00000132. The van der Waals surface area contributed by atoms with Gasteiger partial charge in [0.05, 0.1) is 6.61 Å². The zero-order chi connectivity index (χ0) is 14.5. The van der Waals surface area contributed by atoms with Gasteiger partial charge in [0.1, 0.15) is 0 Å². The summed E-state index contributed by atoms with van der Waals surface area (Å²) in [7, 11) is 1.77. The smallest absolute Gasteiger partial charge is 0.0587 e. The van der Waals surface area contributed by atoms with E-state index in [1.54, 1.807) is 18.2 Å². The SMILES string of the molecule is COCCNCC1CCCN(C2Cc3ccccc3C2)C1.Cl.Cl. The Morgan fingerprint density at radius 3 is 2.52 bits per heavy atom. The maximum absolute atomic E-state index is 5.10. The summed E-state index contributed by atoms with van der Waals surface area (Å²) in [6.07, 6.45) is 5.22. The molecule has 1 aliphatic heterocycles. The predicted octanol–water partition coefficient (Wildman–Crippen LogP) is 2.95. The molecule has 3 rings (SSSR count). The number of nitrogens with one attached hydrogen (secondary N) is 1. The Morgan fingerprint density at radius 1 is 1.17 bits per heavy atom. The highest BCUT2D eigenvalue weighted by Crippen LogP contribution is 2.28. The van der Waals surface area contributed by atoms with Gasteiger partial charge in [0.25, 0.3) is 0 Å². The van der Waals surface area contributed by atoms with Crippen LogP contribution >= 0.6 is 24.8 Å². The van der Waals surface area contributed by atoms with Gasteiger partial charge in [-0.3, -0.25) is 4.90 Å². The normalized spacial score (nSPS) is 21.3. The molecule has 1 fully saturated rings. The molecule has 1 heterocycles. The average molecular weight is 361 g/mol. The number of piperidine rings is 1. The molecule has 1 aliphatic carbocycles. The Hall–Kier alpha value is -0.320. The number of hydrogen-bond donors (Lipinski definition) is 1. The van der Waals surface area contributed by atoms with E-state index in [4.69, 9.17) is 4.74 Å². The molecule has 2 aliphatic rings. The van der Waals surface area contributed by atoms with Gasteiger partial charge in [-0.1, -0.05) is 24.3 Å². The molecule has 23 heavy (non-hydrogen) atoms. The first-order valence-corrected chi connectivity index (χ1v) is 8.37. The molecule has 1 saturated heterocycles. The van der Waals surface area contributed by atoms with Crippen LogP contribution in [-0.4, -0.2) is 50.8 Å². The second-order valence-corrected chi connectivity index (χ2v) is 6.53. The molecule has 132 valence electrons. The molecule has 1 N–H and O–H groups in total. The van der Waals surface area contributed by atoms with E-state index < -0.39 is 0 Å². The number of fused-ring (bicyclic) bond motifs is 1. The lowest BCUT2D eigenvalue weighted by atomic mass is 9.96. The van der Waals surface area contributed by atoms with Crippen molar-refractivity contribution >= 4 is 24.8 Å². The van der Waals surface area contributed by atoms with Crippen LogP contribution in [0.15, 0.2) is 24.3 Å². The van der Waals surface area contributed by atoms with Crippen molar-refractivity contribution in [3.8, 4) is 0 Å². The van der Waals surface area contributed by atoms with Crippen molar-refractivity contribution in [3.63, 3.8) is 0 Å². The quantitative estimate of drug-likeness (QED) is 0.789. The third-order valence-corrected chi connectivity index (χ3v) is 5.01. The fraction of sp³-hybridized carbons (Fsp3) is 0.667. The van der Waals surface area contributed by atoms with Crippen molar-refractivity contribution in [3.05, 3.63) is 35.4 Å². The van der Waals surface area contributed by atoms with Gasteiger partial charge in [-0.25, -0.2) is 0 Å². The highest BCUT2D eigenvalue weighted by Gasteiger charge is 2.30. The van der Waals surface area contributed by atoms with E-state index >= 15 is 0 Å². The number of methoxy groups -OCH3 is 1. The van der Waals surface area contributed by atoms with Crippen LogP contribution in [0, 0.1) is 5.92 Å². The van der Waals surface area contributed by atoms with Crippen molar-refractivity contribution in [1.82, 2.24) is 10.2 Å². The topological polar surface area (TPSA) is 24.5 Å². The Kier molecular flexibility index (Phi) is 9.48. The lowest BCUT2D eigenvalue weighted by Crippen LogP contribution is -2.45. The molecule has 1 unspecified atom stereocenters. The second-order valence-electron chi connectivity index (χ2n) is 6.53. The van der Waals surface area contributed by atoms with E-state index in [-0.39, 0.29) is 24.8 Å². The number of halogens is 2. The summed E-state index contributed by atoms with van der Waals surface area (Å²) in [6.45, 7) is 5.47. The van der Waals surface area contributed by atoms with Gasteiger partial charge in [-0.15, -0.1) is 24.8 Å². The first kappa shape index (κ1) is 20.7. The van der Waals surface area contributed by atoms with Crippen molar-refractivity contribution in [1.29, 1.82) is 0 Å². The molecule has 0 radical (unpaired) electrons. The third kappa shape index (κ3) is 5.61. The lowest BCUT2D eigenvalue weighted by molar-refractivity contribution is 0.123. The summed E-state index contributed by atoms with van der Waals surface area (Å²) in [5.41, 5.74) is 3.14. The third-order valence-electron chi connectivity index (χ3n) is 5.01. The molecule has 0 spiro atoms. The first-order chi connectivity index (χ1) is 10.4. The van der Waals surface area contributed by atoms with Crippen LogP contribution in [0.3, 0.4) is 0 Å². The Morgan fingerprint density at radius 2 is 1.87 bits per heavy atom. The van der Waals surface area contributed by atoms with E-state index in [2.05, 4.69) is 34.5 Å². The first-order valence-electron chi connectivity index (χ1n) is 8.37. The zero-order valence-electron chi connectivity index (χ0n) is 14.0. The fourth-order valence-electron chi connectivity index (χ4n) is 3.87. The molecular weight excluding hydrogens is 331 g/mol. The number of benzene rings is 1.